The molecule has 0 saturated carbocycles. The van der Waals surface area contributed by atoms with Crippen LogP contribution >= 0.6 is 23.1 Å². The highest BCUT2D eigenvalue weighted by Gasteiger charge is 2.05. The zero-order valence-corrected chi connectivity index (χ0v) is 8.84. The average Bonchev–Trinajstić information content (AvgIpc) is 2.34. The first-order valence-corrected chi connectivity index (χ1v) is 5.39. The van der Waals surface area contributed by atoms with Crippen molar-refractivity contribution in [1.82, 2.24) is 0 Å². The molecule has 1 nitrogen and oxygen atoms in total. The van der Waals surface area contributed by atoms with Crippen LogP contribution in [-0.4, -0.2) is 10.5 Å². The van der Waals surface area contributed by atoms with E-state index in [0.717, 1.165) is 9.78 Å². The highest BCUT2D eigenvalue weighted by molar-refractivity contribution is 8.08. The van der Waals surface area contributed by atoms with Gasteiger partial charge in [-0.05, 0) is 26.0 Å². The Morgan fingerprint density at radius 3 is 2.75 bits per heavy atom. The fourth-order valence-corrected chi connectivity index (χ4v) is 2.45. The topological polar surface area (TPSA) is 20.2 Å². The van der Waals surface area contributed by atoms with Gasteiger partial charge < -0.3 is 5.11 Å². The molecule has 0 aliphatic carbocycles. The summed E-state index contributed by atoms with van der Waals surface area (Å²) in [5.74, 6) is 0. The predicted molar refractivity (Wildman–Crippen MR) is 57.4 cm³/mol. The summed E-state index contributed by atoms with van der Waals surface area (Å²) in [7, 11) is 0. The standard InChI is InChI=1S/C9H12OS2/c1-6-4-5-9(11-6)7(2)12-8(3)10/h4-5,8,10H,2H2,1,3H3. The van der Waals surface area contributed by atoms with E-state index < -0.39 is 0 Å². The van der Waals surface area contributed by atoms with Crippen molar-refractivity contribution in [1.29, 1.82) is 0 Å². The van der Waals surface area contributed by atoms with Gasteiger partial charge in [-0.25, -0.2) is 0 Å². The Bertz CT molecular complexity index is 276. The Morgan fingerprint density at radius 2 is 2.33 bits per heavy atom. The van der Waals surface area contributed by atoms with Gasteiger partial charge >= 0.3 is 0 Å². The van der Waals surface area contributed by atoms with Crippen molar-refractivity contribution in [2.24, 2.45) is 0 Å². The van der Waals surface area contributed by atoms with Crippen LogP contribution in [-0.2, 0) is 0 Å². The molecule has 1 unspecified atom stereocenters. The van der Waals surface area contributed by atoms with Gasteiger partial charge in [0.15, 0.2) is 0 Å². The number of thiophene rings is 1. The van der Waals surface area contributed by atoms with Gasteiger partial charge in [-0.2, -0.15) is 0 Å². The lowest BCUT2D eigenvalue weighted by atomic mass is 10.4. The number of hydrogen-bond donors (Lipinski definition) is 1. The largest absolute Gasteiger partial charge is 0.382 e. The molecular formula is C9H12OS2. The minimum atomic E-state index is -0.375. The second-order valence-corrected chi connectivity index (χ2v) is 5.25. The van der Waals surface area contributed by atoms with Gasteiger partial charge in [0.05, 0.1) is 0 Å². The monoisotopic (exact) mass is 200 g/mol. The van der Waals surface area contributed by atoms with Crippen LogP contribution in [0.4, 0.5) is 0 Å². The molecule has 0 aliphatic rings. The molecule has 12 heavy (non-hydrogen) atoms. The van der Waals surface area contributed by atoms with Crippen LogP contribution in [0, 0.1) is 6.92 Å². The fraction of sp³-hybridized carbons (Fsp3) is 0.333. The second kappa shape index (κ2) is 4.12. The predicted octanol–water partition coefficient (Wildman–Crippen LogP) is 3.10. The first kappa shape index (κ1) is 9.84. The van der Waals surface area contributed by atoms with Crippen LogP contribution < -0.4 is 0 Å². The zero-order chi connectivity index (χ0) is 9.14. The first-order valence-electron chi connectivity index (χ1n) is 3.70. The van der Waals surface area contributed by atoms with E-state index in [2.05, 4.69) is 19.6 Å². The van der Waals surface area contributed by atoms with E-state index in [1.165, 1.54) is 16.6 Å². The van der Waals surface area contributed by atoms with Gasteiger partial charge in [0.25, 0.3) is 0 Å². The Balaban J connectivity index is 2.65. The van der Waals surface area contributed by atoms with Gasteiger partial charge in [-0.1, -0.05) is 18.3 Å². The van der Waals surface area contributed by atoms with E-state index in [1.54, 1.807) is 18.3 Å². The lowest BCUT2D eigenvalue weighted by Gasteiger charge is -2.04. The second-order valence-electron chi connectivity index (χ2n) is 2.55. The third-order valence-electron chi connectivity index (χ3n) is 1.33. The van der Waals surface area contributed by atoms with Crippen molar-refractivity contribution in [2.75, 3.05) is 0 Å². The number of hydrogen-bond acceptors (Lipinski definition) is 3. The molecule has 1 aromatic heterocycles. The highest BCUT2D eigenvalue weighted by Crippen LogP contribution is 2.32. The van der Waals surface area contributed by atoms with E-state index in [9.17, 15) is 0 Å². The van der Waals surface area contributed by atoms with Crippen molar-refractivity contribution in [3.63, 3.8) is 0 Å². The summed E-state index contributed by atoms with van der Waals surface area (Å²) in [5.41, 5.74) is -0.375. The summed E-state index contributed by atoms with van der Waals surface area (Å²) >= 11 is 3.10. The highest BCUT2D eigenvalue weighted by atomic mass is 32.2. The number of aryl methyl sites for hydroxylation is 1. The summed E-state index contributed by atoms with van der Waals surface area (Å²) in [6, 6.07) is 4.10. The molecule has 1 atom stereocenters. The fourth-order valence-electron chi connectivity index (χ4n) is 0.848. The molecule has 0 spiro atoms. The molecule has 1 aromatic rings. The lowest BCUT2D eigenvalue weighted by molar-refractivity contribution is 0.285. The van der Waals surface area contributed by atoms with Crippen molar-refractivity contribution < 1.29 is 5.11 Å². The van der Waals surface area contributed by atoms with Crippen LogP contribution in [0.3, 0.4) is 0 Å². The van der Waals surface area contributed by atoms with E-state index in [4.69, 9.17) is 5.11 Å². The normalized spacial score (nSPS) is 12.9. The van der Waals surface area contributed by atoms with Crippen LogP contribution in [0.5, 0.6) is 0 Å². The Labute approximate surface area is 81.1 Å². The lowest BCUT2D eigenvalue weighted by Crippen LogP contribution is -1.90. The summed E-state index contributed by atoms with van der Waals surface area (Å²) in [5, 5.41) is 9.10. The molecule has 1 heterocycles. The average molecular weight is 200 g/mol. The Morgan fingerprint density at radius 1 is 1.67 bits per heavy atom. The van der Waals surface area contributed by atoms with Crippen molar-refractivity contribution in [3.05, 3.63) is 28.5 Å². The van der Waals surface area contributed by atoms with Gasteiger partial charge in [0.2, 0.25) is 0 Å². The summed E-state index contributed by atoms with van der Waals surface area (Å²) in [4.78, 5) is 3.37. The first-order chi connectivity index (χ1) is 5.59. The van der Waals surface area contributed by atoms with Crippen molar-refractivity contribution >= 4 is 28.0 Å². The SMILES string of the molecule is C=C(SC(C)O)c1ccc(C)s1. The van der Waals surface area contributed by atoms with Crippen LogP contribution in [0.1, 0.15) is 16.7 Å². The van der Waals surface area contributed by atoms with Crippen molar-refractivity contribution in [3.8, 4) is 0 Å². The van der Waals surface area contributed by atoms with Crippen molar-refractivity contribution in [2.45, 2.75) is 19.3 Å². The van der Waals surface area contributed by atoms with Crippen LogP contribution in [0.15, 0.2) is 18.7 Å². The molecule has 0 fully saturated rings. The zero-order valence-electron chi connectivity index (χ0n) is 7.20. The summed E-state index contributed by atoms with van der Waals surface area (Å²) < 4.78 is 0. The van der Waals surface area contributed by atoms with Crippen LogP contribution in [0.25, 0.3) is 4.91 Å². The summed E-state index contributed by atoms with van der Waals surface area (Å²) in [6.45, 7) is 7.70. The maximum atomic E-state index is 9.10. The molecule has 66 valence electrons. The summed E-state index contributed by atoms with van der Waals surface area (Å²) in [6.07, 6.45) is 0. The molecule has 0 radical (unpaired) electrons. The van der Waals surface area contributed by atoms with Gasteiger partial charge in [-0.15, -0.1) is 11.3 Å². The van der Waals surface area contributed by atoms with E-state index in [-0.39, 0.29) is 5.44 Å². The van der Waals surface area contributed by atoms with E-state index in [0.29, 0.717) is 0 Å². The van der Waals surface area contributed by atoms with Gasteiger partial charge in [0.1, 0.15) is 5.44 Å². The van der Waals surface area contributed by atoms with Crippen LogP contribution in [0.2, 0.25) is 0 Å². The van der Waals surface area contributed by atoms with E-state index in [1.807, 2.05) is 6.07 Å². The molecule has 1 rings (SSSR count). The Kier molecular flexibility index (Phi) is 3.38. The van der Waals surface area contributed by atoms with Gasteiger partial charge in [0, 0.05) is 14.7 Å². The molecule has 3 heteroatoms. The maximum Gasteiger partial charge on any atom is 0.101 e. The molecule has 0 bridgehead atoms. The molecule has 1 N–H and O–H groups in total. The molecule has 0 aliphatic heterocycles. The quantitative estimate of drug-likeness (QED) is 0.757. The number of rotatable bonds is 3. The smallest absolute Gasteiger partial charge is 0.101 e. The minimum Gasteiger partial charge on any atom is -0.382 e. The van der Waals surface area contributed by atoms with Gasteiger partial charge in [-0.3, -0.25) is 0 Å². The molecule has 0 aromatic carbocycles. The molecule has 0 amide bonds. The third kappa shape index (κ3) is 2.66. The van der Waals surface area contributed by atoms with E-state index >= 15 is 0 Å². The number of thioether (sulfide) groups is 1. The Hall–Kier alpha value is -0.250. The molecule has 0 saturated heterocycles. The third-order valence-corrected chi connectivity index (χ3v) is 3.36. The molecular weight excluding hydrogens is 188 g/mol. The maximum absolute atomic E-state index is 9.10. The minimum absolute atomic E-state index is 0.375. The number of aliphatic hydroxyl groups excluding tert-OH is 1. The number of aliphatic hydroxyl groups is 1.